The van der Waals surface area contributed by atoms with Gasteiger partial charge in [0, 0.05) is 43.4 Å². The van der Waals surface area contributed by atoms with Gasteiger partial charge >= 0.3 is 0 Å². The number of fused-ring (bicyclic) bond motifs is 1. The van der Waals surface area contributed by atoms with Crippen LogP contribution in [0, 0.1) is 5.92 Å². The summed E-state index contributed by atoms with van der Waals surface area (Å²) >= 11 is 0. The first-order valence-corrected chi connectivity index (χ1v) is 8.93. The fourth-order valence-corrected chi connectivity index (χ4v) is 3.57. The molecule has 0 spiro atoms. The van der Waals surface area contributed by atoms with Crippen LogP contribution in [-0.4, -0.2) is 40.5 Å². The third-order valence-electron chi connectivity index (χ3n) is 5.07. The lowest BCUT2D eigenvalue weighted by Gasteiger charge is -2.32. The van der Waals surface area contributed by atoms with Gasteiger partial charge in [0.2, 0.25) is 11.8 Å². The van der Waals surface area contributed by atoms with Crippen LogP contribution >= 0.6 is 0 Å². The number of hydrogen-bond donors (Lipinski definition) is 1. The van der Waals surface area contributed by atoms with Crippen LogP contribution in [0.5, 0.6) is 5.75 Å². The Hall–Kier alpha value is -2.50. The molecule has 2 aliphatic rings. The van der Waals surface area contributed by atoms with Crippen LogP contribution in [0.3, 0.4) is 0 Å². The molecule has 2 fully saturated rings. The van der Waals surface area contributed by atoms with Crippen LogP contribution in [0.25, 0.3) is 10.9 Å². The van der Waals surface area contributed by atoms with Gasteiger partial charge in [-0.2, -0.15) is 0 Å². The van der Waals surface area contributed by atoms with E-state index in [0.29, 0.717) is 5.91 Å². The zero-order valence-electron chi connectivity index (χ0n) is 14.2. The number of ether oxygens (including phenoxy) is 1. The highest BCUT2D eigenvalue weighted by Gasteiger charge is 2.35. The average Bonchev–Trinajstić information content (AvgIpc) is 3.37. The largest absolute Gasteiger partial charge is 0.490 e. The smallest absolute Gasteiger partial charge is 0.237 e. The molecule has 0 unspecified atom stereocenters. The van der Waals surface area contributed by atoms with E-state index in [-0.39, 0.29) is 24.5 Å². The highest BCUT2D eigenvalue weighted by atomic mass is 16.5. The van der Waals surface area contributed by atoms with Crippen molar-refractivity contribution in [2.45, 2.75) is 38.3 Å². The van der Waals surface area contributed by atoms with E-state index in [9.17, 15) is 9.59 Å². The van der Waals surface area contributed by atoms with Gasteiger partial charge in [-0.3, -0.25) is 9.59 Å². The Bertz CT molecular complexity index is 801. The van der Waals surface area contributed by atoms with Gasteiger partial charge in [0.05, 0.1) is 5.52 Å². The van der Waals surface area contributed by atoms with Crippen molar-refractivity contribution < 1.29 is 14.3 Å². The van der Waals surface area contributed by atoms with Crippen molar-refractivity contribution in [3.63, 3.8) is 0 Å². The number of amides is 2. The molecule has 4 rings (SSSR count). The van der Waals surface area contributed by atoms with E-state index < -0.39 is 0 Å². The summed E-state index contributed by atoms with van der Waals surface area (Å²) in [6, 6.07) is 7.81. The van der Waals surface area contributed by atoms with Crippen LogP contribution < -0.4 is 10.5 Å². The Labute approximate surface area is 146 Å². The minimum absolute atomic E-state index is 0.119. The fourth-order valence-electron chi connectivity index (χ4n) is 3.57. The summed E-state index contributed by atoms with van der Waals surface area (Å²) < 4.78 is 8.06. The van der Waals surface area contributed by atoms with E-state index in [1.807, 2.05) is 39.9 Å². The number of rotatable bonds is 5. The molecular weight excluding hydrogens is 318 g/mol. The van der Waals surface area contributed by atoms with Crippen molar-refractivity contribution in [2.75, 3.05) is 13.1 Å². The quantitative estimate of drug-likeness (QED) is 0.902. The van der Waals surface area contributed by atoms with Crippen molar-refractivity contribution in [3.05, 3.63) is 30.5 Å². The molecule has 2 heterocycles. The molecule has 2 aromatic rings. The van der Waals surface area contributed by atoms with Crippen molar-refractivity contribution in [2.24, 2.45) is 11.7 Å². The second kappa shape index (κ2) is 6.43. The molecule has 2 N–H and O–H groups in total. The summed E-state index contributed by atoms with van der Waals surface area (Å²) in [5.74, 6) is 1.07. The van der Waals surface area contributed by atoms with Gasteiger partial charge < -0.3 is 19.9 Å². The van der Waals surface area contributed by atoms with E-state index in [4.69, 9.17) is 10.5 Å². The van der Waals surface area contributed by atoms with Crippen LogP contribution in [0.15, 0.2) is 30.5 Å². The number of nitrogens with zero attached hydrogens (tertiary/aromatic N) is 2. The van der Waals surface area contributed by atoms with Gasteiger partial charge in [-0.1, -0.05) is 6.07 Å². The normalized spacial score (nSPS) is 18.5. The number of benzene rings is 1. The number of piperidine rings is 1. The molecular formula is C19H23N3O3. The summed E-state index contributed by atoms with van der Waals surface area (Å²) in [5, 5.41) is 0.986. The van der Waals surface area contributed by atoms with E-state index in [1.54, 1.807) is 0 Å². The fraction of sp³-hybridized carbons (Fsp3) is 0.474. The van der Waals surface area contributed by atoms with Crippen molar-refractivity contribution in [1.82, 2.24) is 9.47 Å². The molecule has 1 aliphatic carbocycles. The van der Waals surface area contributed by atoms with Crippen molar-refractivity contribution >= 4 is 22.7 Å². The Kier molecular flexibility index (Phi) is 4.11. The number of hydrogen-bond acceptors (Lipinski definition) is 3. The number of likely N-dealkylation sites (tertiary alicyclic amines) is 1. The average molecular weight is 341 g/mol. The molecule has 1 aromatic heterocycles. The third-order valence-corrected chi connectivity index (χ3v) is 5.07. The number of primary amides is 1. The van der Waals surface area contributed by atoms with E-state index in [2.05, 4.69) is 0 Å². The molecule has 1 saturated heterocycles. The molecule has 6 nitrogen and oxygen atoms in total. The Morgan fingerprint density at radius 2 is 1.88 bits per heavy atom. The maximum atomic E-state index is 12.1. The van der Waals surface area contributed by atoms with Crippen molar-refractivity contribution in [1.29, 1.82) is 0 Å². The maximum absolute atomic E-state index is 12.1. The highest BCUT2D eigenvalue weighted by Crippen LogP contribution is 2.33. The predicted molar refractivity (Wildman–Crippen MR) is 94.1 cm³/mol. The molecule has 0 atom stereocenters. The molecule has 2 amide bonds. The van der Waals surface area contributed by atoms with Gasteiger partial charge in [0.1, 0.15) is 18.4 Å². The molecule has 1 aliphatic heterocycles. The Balaban J connectivity index is 1.43. The van der Waals surface area contributed by atoms with Gasteiger partial charge in [-0.05, 0) is 31.0 Å². The summed E-state index contributed by atoms with van der Waals surface area (Å²) in [5.41, 5.74) is 6.24. The second-order valence-electron chi connectivity index (χ2n) is 7.02. The zero-order chi connectivity index (χ0) is 17.4. The highest BCUT2D eigenvalue weighted by molar-refractivity contribution is 5.88. The topological polar surface area (TPSA) is 77.6 Å². The van der Waals surface area contributed by atoms with Crippen LogP contribution in [0.1, 0.15) is 25.7 Å². The monoisotopic (exact) mass is 341 g/mol. The van der Waals surface area contributed by atoms with E-state index in [1.165, 1.54) is 0 Å². The third kappa shape index (κ3) is 3.34. The molecule has 1 aromatic carbocycles. The number of nitrogens with two attached hydrogens (primary N) is 1. The van der Waals surface area contributed by atoms with Gasteiger partial charge in [0.15, 0.2) is 0 Å². The van der Waals surface area contributed by atoms with E-state index >= 15 is 0 Å². The Morgan fingerprint density at radius 3 is 2.56 bits per heavy atom. The SMILES string of the molecule is NC(=O)Cn1ccc2c(OC3CCN(C(=O)C4CC4)CC3)cccc21. The van der Waals surface area contributed by atoms with Crippen LogP contribution in [-0.2, 0) is 16.1 Å². The first kappa shape index (κ1) is 16.0. The summed E-state index contributed by atoms with van der Waals surface area (Å²) in [6.07, 6.45) is 5.81. The lowest BCUT2D eigenvalue weighted by atomic mass is 10.1. The number of carbonyl (C=O) groups excluding carboxylic acids is 2. The van der Waals surface area contributed by atoms with Gasteiger partial charge in [-0.15, -0.1) is 0 Å². The minimum Gasteiger partial charge on any atom is -0.490 e. The lowest BCUT2D eigenvalue weighted by molar-refractivity contribution is -0.134. The standard InChI is InChI=1S/C19H23N3O3/c20-18(23)12-22-11-8-15-16(22)2-1-3-17(15)25-14-6-9-21(10-7-14)19(24)13-4-5-13/h1-3,8,11,13-14H,4-7,9-10,12H2,(H2,20,23). The lowest BCUT2D eigenvalue weighted by Crippen LogP contribution is -2.42. The maximum Gasteiger partial charge on any atom is 0.237 e. The van der Waals surface area contributed by atoms with Crippen LogP contribution in [0.2, 0.25) is 0 Å². The molecule has 25 heavy (non-hydrogen) atoms. The zero-order valence-corrected chi connectivity index (χ0v) is 14.2. The summed E-state index contributed by atoms with van der Waals surface area (Å²) in [4.78, 5) is 25.3. The van der Waals surface area contributed by atoms with Gasteiger partial charge in [0.25, 0.3) is 0 Å². The summed E-state index contributed by atoms with van der Waals surface area (Å²) in [6.45, 7) is 1.71. The summed E-state index contributed by atoms with van der Waals surface area (Å²) in [7, 11) is 0. The van der Waals surface area contributed by atoms with Crippen molar-refractivity contribution in [3.8, 4) is 5.75 Å². The first-order valence-electron chi connectivity index (χ1n) is 8.93. The first-order chi connectivity index (χ1) is 12.1. The molecule has 0 bridgehead atoms. The predicted octanol–water partition coefficient (Wildman–Crippen LogP) is 1.91. The molecule has 1 saturated carbocycles. The molecule has 132 valence electrons. The number of carbonyl (C=O) groups is 2. The minimum atomic E-state index is -0.364. The second-order valence-corrected chi connectivity index (χ2v) is 7.02. The van der Waals surface area contributed by atoms with Crippen LogP contribution in [0.4, 0.5) is 0 Å². The van der Waals surface area contributed by atoms with E-state index in [0.717, 1.165) is 55.4 Å². The van der Waals surface area contributed by atoms with Gasteiger partial charge in [-0.25, -0.2) is 0 Å². The molecule has 0 radical (unpaired) electrons. The number of aromatic nitrogens is 1. The Morgan fingerprint density at radius 1 is 1.12 bits per heavy atom. The molecule has 6 heteroatoms.